The Morgan fingerprint density at radius 1 is 1.03 bits per heavy atom. The summed E-state index contributed by atoms with van der Waals surface area (Å²) in [6.45, 7) is 0.0386. The molecule has 0 unspecified atom stereocenters. The van der Waals surface area contributed by atoms with Crippen molar-refractivity contribution in [3.05, 3.63) is 89.1 Å². The van der Waals surface area contributed by atoms with E-state index in [4.69, 9.17) is 9.68 Å². The van der Waals surface area contributed by atoms with Gasteiger partial charge in [-0.05, 0) is 54.1 Å². The van der Waals surface area contributed by atoms with Crippen molar-refractivity contribution in [1.82, 2.24) is 10.2 Å². The number of furan rings is 1. The Balaban J connectivity index is 1.52. The van der Waals surface area contributed by atoms with E-state index >= 15 is 0 Å². The number of hydrogen-bond donors (Lipinski definition) is 1. The zero-order valence-corrected chi connectivity index (χ0v) is 15.1. The molecule has 0 bridgehead atoms. The Kier molecular flexibility index (Phi) is 4.67. The second-order valence-electron chi connectivity index (χ2n) is 6.40. The molecule has 0 saturated carbocycles. The van der Waals surface area contributed by atoms with Crippen molar-refractivity contribution in [3.8, 4) is 17.4 Å². The molecule has 0 spiro atoms. The summed E-state index contributed by atoms with van der Waals surface area (Å²) in [7, 11) is 0. The van der Waals surface area contributed by atoms with Gasteiger partial charge in [-0.25, -0.2) is 9.18 Å². The van der Waals surface area contributed by atoms with Crippen LogP contribution >= 0.6 is 0 Å². The first-order chi connectivity index (χ1) is 14.0. The fourth-order valence-electron chi connectivity index (χ4n) is 2.92. The number of amides is 3. The van der Waals surface area contributed by atoms with Gasteiger partial charge in [-0.1, -0.05) is 12.1 Å². The minimum Gasteiger partial charge on any atom is -0.457 e. The number of imide groups is 1. The largest absolute Gasteiger partial charge is 0.457 e. The first-order valence-corrected chi connectivity index (χ1v) is 8.73. The number of halogens is 1. The lowest BCUT2D eigenvalue weighted by atomic mass is 10.1. The maximum absolute atomic E-state index is 13.0. The van der Waals surface area contributed by atoms with Crippen LogP contribution in [-0.4, -0.2) is 16.8 Å². The van der Waals surface area contributed by atoms with Gasteiger partial charge in [0.2, 0.25) is 0 Å². The van der Waals surface area contributed by atoms with Crippen LogP contribution in [0, 0.1) is 17.1 Å². The van der Waals surface area contributed by atoms with Crippen LogP contribution in [0.25, 0.3) is 17.4 Å². The van der Waals surface area contributed by atoms with Crippen LogP contribution in [0.5, 0.6) is 0 Å². The van der Waals surface area contributed by atoms with Gasteiger partial charge in [-0.15, -0.1) is 0 Å². The van der Waals surface area contributed by atoms with E-state index in [-0.39, 0.29) is 18.1 Å². The van der Waals surface area contributed by atoms with Gasteiger partial charge in [0.15, 0.2) is 0 Å². The molecule has 142 valence electrons. The molecule has 2 heterocycles. The van der Waals surface area contributed by atoms with Crippen molar-refractivity contribution in [2.45, 2.75) is 6.54 Å². The maximum Gasteiger partial charge on any atom is 0.329 e. The average molecular weight is 387 g/mol. The van der Waals surface area contributed by atoms with Gasteiger partial charge in [-0.3, -0.25) is 9.69 Å². The predicted molar refractivity (Wildman–Crippen MR) is 102 cm³/mol. The van der Waals surface area contributed by atoms with Crippen LogP contribution in [0.2, 0.25) is 0 Å². The highest BCUT2D eigenvalue weighted by atomic mass is 19.1. The summed E-state index contributed by atoms with van der Waals surface area (Å²) >= 11 is 0. The summed E-state index contributed by atoms with van der Waals surface area (Å²) in [6, 6.07) is 17.4. The number of urea groups is 1. The highest BCUT2D eigenvalue weighted by molar-refractivity contribution is 6.13. The molecule has 0 aliphatic carbocycles. The molecular weight excluding hydrogens is 373 g/mol. The molecule has 29 heavy (non-hydrogen) atoms. The molecular formula is C22H14FN3O3. The monoisotopic (exact) mass is 387 g/mol. The van der Waals surface area contributed by atoms with E-state index in [2.05, 4.69) is 11.4 Å². The Labute approximate surface area is 165 Å². The van der Waals surface area contributed by atoms with Crippen molar-refractivity contribution >= 4 is 18.0 Å². The highest BCUT2D eigenvalue weighted by Crippen LogP contribution is 2.25. The van der Waals surface area contributed by atoms with Gasteiger partial charge in [0.1, 0.15) is 23.0 Å². The maximum atomic E-state index is 13.0. The summed E-state index contributed by atoms with van der Waals surface area (Å²) in [5, 5.41) is 11.4. The first kappa shape index (κ1) is 18.2. The van der Waals surface area contributed by atoms with Crippen molar-refractivity contribution in [1.29, 1.82) is 5.26 Å². The third kappa shape index (κ3) is 3.77. The molecule has 2 aromatic carbocycles. The molecule has 3 aromatic rings. The molecule has 1 fully saturated rings. The molecule has 0 atom stereocenters. The van der Waals surface area contributed by atoms with E-state index in [9.17, 15) is 14.0 Å². The molecule has 6 nitrogen and oxygen atoms in total. The van der Waals surface area contributed by atoms with Crippen molar-refractivity contribution in [2.75, 3.05) is 0 Å². The summed E-state index contributed by atoms with van der Waals surface area (Å²) in [5.41, 5.74) is 2.06. The molecule has 1 aliphatic rings. The molecule has 1 saturated heterocycles. The number of benzene rings is 2. The molecule has 3 amide bonds. The lowest BCUT2D eigenvalue weighted by Gasteiger charge is -2.11. The second-order valence-corrected chi connectivity index (χ2v) is 6.40. The SMILES string of the molecule is N#Cc1ccc(-c2ccc(/C=C3\NC(=O)N(Cc4ccc(F)cc4)C3=O)o2)cc1. The number of hydrogen-bond acceptors (Lipinski definition) is 4. The first-order valence-electron chi connectivity index (χ1n) is 8.73. The van der Waals surface area contributed by atoms with Crippen LogP contribution in [0.3, 0.4) is 0 Å². The number of rotatable bonds is 4. The normalized spacial score (nSPS) is 14.9. The summed E-state index contributed by atoms with van der Waals surface area (Å²) in [6.07, 6.45) is 1.46. The van der Waals surface area contributed by atoms with Crippen LogP contribution in [0.1, 0.15) is 16.9 Å². The molecule has 7 heteroatoms. The van der Waals surface area contributed by atoms with E-state index < -0.39 is 11.9 Å². The van der Waals surface area contributed by atoms with Gasteiger partial charge in [0.05, 0.1) is 18.2 Å². The van der Waals surface area contributed by atoms with E-state index in [1.54, 1.807) is 36.4 Å². The average Bonchev–Trinajstić information content (AvgIpc) is 3.30. The molecule has 1 aromatic heterocycles. The van der Waals surface area contributed by atoms with E-state index in [1.807, 2.05) is 0 Å². The van der Waals surface area contributed by atoms with Gasteiger partial charge < -0.3 is 9.73 Å². The number of nitriles is 1. The Bertz CT molecular complexity index is 1160. The summed E-state index contributed by atoms with van der Waals surface area (Å²) in [5.74, 6) is 0.0935. The number of carbonyl (C=O) groups is 2. The van der Waals surface area contributed by atoms with E-state index in [0.717, 1.165) is 10.5 Å². The van der Waals surface area contributed by atoms with Crippen LogP contribution in [0.15, 0.2) is 70.8 Å². The smallest absolute Gasteiger partial charge is 0.329 e. The summed E-state index contributed by atoms with van der Waals surface area (Å²) in [4.78, 5) is 25.8. The molecule has 1 N–H and O–H groups in total. The van der Waals surface area contributed by atoms with Crippen molar-refractivity contribution in [3.63, 3.8) is 0 Å². The highest BCUT2D eigenvalue weighted by Gasteiger charge is 2.33. The van der Waals surface area contributed by atoms with Crippen LogP contribution < -0.4 is 5.32 Å². The summed E-state index contributed by atoms with van der Waals surface area (Å²) < 4.78 is 18.8. The molecule has 4 rings (SSSR count). The zero-order valence-electron chi connectivity index (χ0n) is 15.1. The Morgan fingerprint density at radius 2 is 1.76 bits per heavy atom. The minimum atomic E-state index is -0.551. The topological polar surface area (TPSA) is 86.3 Å². The minimum absolute atomic E-state index is 0.0386. The fraction of sp³-hybridized carbons (Fsp3) is 0.0455. The van der Waals surface area contributed by atoms with Gasteiger partial charge in [0, 0.05) is 11.6 Å². The standard InChI is InChI=1S/C22H14FN3O3/c23-17-7-3-15(4-8-17)13-26-21(27)19(25-22(26)28)11-18-9-10-20(29-18)16-5-1-14(12-24)2-6-16/h1-11H,13H2,(H,25,28)/b19-11-. The van der Waals surface area contributed by atoms with E-state index in [1.165, 1.54) is 30.3 Å². The third-order valence-corrected chi connectivity index (χ3v) is 4.43. The molecule has 1 aliphatic heterocycles. The lowest BCUT2D eigenvalue weighted by Crippen LogP contribution is -2.30. The van der Waals surface area contributed by atoms with Gasteiger partial charge in [-0.2, -0.15) is 5.26 Å². The zero-order chi connectivity index (χ0) is 20.4. The van der Waals surface area contributed by atoms with Crippen LogP contribution in [0.4, 0.5) is 9.18 Å². The fourth-order valence-corrected chi connectivity index (χ4v) is 2.92. The Morgan fingerprint density at radius 3 is 2.45 bits per heavy atom. The number of carbonyl (C=O) groups excluding carboxylic acids is 2. The predicted octanol–water partition coefficient (Wildman–Crippen LogP) is 4.05. The van der Waals surface area contributed by atoms with Gasteiger partial charge >= 0.3 is 6.03 Å². The molecule has 0 radical (unpaired) electrons. The second kappa shape index (κ2) is 7.44. The lowest BCUT2D eigenvalue weighted by molar-refractivity contribution is -0.123. The van der Waals surface area contributed by atoms with Crippen LogP contribution in [-0.2, 0) is 11.3 Å². The quantitative estimate of drug-likeness (QED) is 0.540. The van der Waals surface area contributed by atoms with Crippen molar-refractivity contribution < 1.29 is 18.4 Å². The van der Waals surface area contributed by atoms with Gasteiger partial charge in [0.25, 0.3) is 5.91 Å². The third-order valence-electron chi connectivity index (χ3n) is 4.43. The van der Waals surface area contributed by atoms with Crippen molar-refractivity contribution in [2.24, 2.45) is 0 Å². The number of nitrogens with one attached hydrogen (secondary N) is 1. The number of nitrogens with zero attached hydrogens (tertiary/aromatic N) is 2. The Hall–Kier alpha value is -4.18. The van der Waals surface area contributed by atoms with E-state index in [0.29, 0.717) is 22.6 Å².